The molecule has 3 aromatic heterocycles. The molecule has 31 heavy (non-hydrogen) atoms. The summed E-state index contributed by atoms with van der Waals surface area (Å²) in [6, 6.07) is 17.6. The molecule has 1 aromatic carbocycles. The normalized spacial score (nSPS) is 15.4. The Kier molecular flexibility index (Phi) is 5.11. The molecule has 0 unspecified atom stereocenters. The average molecular weight is 416 g/mol. The van der Waals surface area contributed by atoms with Crippen molar-refractivity contribution in [3.63, 3.8) is 0 Å². The van der Waals surface area contributed by atoms with E-state index in [1.54, 1.807) is 10.8 Å². The summed E-state index contributed by atoms with van der Waals surface area (Å²) in [6.45, 7) is 4.88. The van der Waals surface area contributed by atoms with Gasteiger partial charge in [-0.25, -0.2) is 0 Å². The lowest BCUT2D eigenvalue weighted by atomic mass is 9.95. The van der Waals surface area contributed by atoms with Crippen LogP contribution in [0.5, 0.6) is 0 Å². The number of aromatic nitrogens is 4. The minimum Gasteiger partial charge on any atom is -0.461 e. The summed E-state index contributed by atoms with van der Waals surface area (Å²) in [5, 5.41) is 13.1. The Balaban J connectivity index is 1.31. The molecule has 1 fully saturated rings. The van der Waals surface area contributed by atoms with Crippen LogP contribution in [-0.4, -0.2) is 56.8 Å². The first-order chi connectivity index (χ1) is 15.2. The number of hydrogen-bond acceptors (Lipinski definition) is 6. The van der Waals surface area contributed by atoms with Crippen LogP contribution in [0.2, 0.25) is 0 Å². The van der Waals surface area contributed by atoms with Gasteiger partial charge in [0.15, 0.2) is 11.4 Å². The Morgan fingerprint density at radius 1 is 1.00 bits per heavy atom. The minimum atomic E-state index is -0.0879. The second-order valence-electron chi connectivity index (χ2n) is 7.65. The number of fused-ring (bicyclic) bond motifs is 1. The van der Waals surface area contributed by atoms with Crippen LogP contribution in [0, 0.1) is 0 Å². The zero-order valence-electron chi connectivity index (χ0n) is 17.4. The van der Waals surface area contributed by atoms with Crippen LogP contribution in [0.25, 0.3) is 17.2 Å². The van der Waals surface area contributed by atoms with Crippen LogP contribution in [0.15, 0.2) is 65.3 Å². The number of rotatable bonds is 5. The summed E-state index contributed by atoms with van der Waals surface area (Å²) in [6.07, 6.45) is 2.40. The van der Waals surface area contributed by atoms with E-state index in [0.29, 0.717) is 30.3 Å². The first-order valence-electron chi connectivity index (χ1n) is 10.6. The maximum absolute atomic E-state index is 13.1. The topological polar surface area (TPSA) is 79.8 Å². The van der Waals surface area contributed by atoms with E-state index in [1.165, 1.54) is 0 Å². The molecule has 5 rings (SSSR count). The third-order valence-corrected chi connectivity index (χ3v) is 5.81. The zero-order chi connectivity index (χ0) is 21.2. The fourth-order valence-electron chi connectivity index (χ4n) is 4.12. The maximum atomic E-state index is 13.1. The number of nitrogens with zero attached hydrogens (tertiary/aromatic N) is 6. The second kappa shape index (κ2) is 8.22. The van der Waals surface area contributed by atoms with Crippen molar-refractivity contribution in [3.05, 3.63) is 66.4 Å². The summed E-state index contributed by atoms with van der Waals surface area (Å²) in [5.74, 6) is 2.15. The highest BCUT2D eigenvalue weighted by atomic mass is 16.3. The van der Waals surface area contributed by atoms with Crippen LogP contribution in [0.3, 0.4) is 0 Å². The van der Waals surface area contributed by atoms with Gasteiger partial charge in [-0.2, -0.15) is 4.52 Å². The zero-order valence-corrected chi connectivity index (χ0v) is 17.4. The number of benzene rings is 1. The van der Waals surface area contributed by atoms with Crippen molar-refractivity contribution in [1.82, 2.24) is 24.7 Å². The summed E-state index contributed by atoms with van der Waals surface area (Å²) >= 11 is 0. The van der Waals surface area contributed by atoms with E-state index in [9.17, 15) is 4.79 Å². The number of piperazine rings is 1. The lowest BCUT2D eigenvalue weighted by Gasteiger charge is -2.37. The Hall–Kier alpha value is -3.68. The summed E-state index contributed by atoms with van der Waals surface area (Å²) in [7, 11) is 0. The van der Waals surface area contributed by atoms with E-state index in [-0.39, 0.29) is 11.8 Å². The maximum Gasteiger partial charge on any atom is 0.230 e. The molecule has 0 saturated carbocycles. The quantitative estimate of drug-likeness (QED) is 0.497. The van der Waals surface area contributed by atoms with Gasteiger partial charge >= 0.3 is 0 Å². The molecule has 1 aliphatic rings. The van der Waals surface area contributed by atoms with Gasteiger partial charge in [0.25, 0.3) is 0 Å². The molecule has 0 spiro atoms. The molecule has 158 valence electrons. The van der Waals surface area contributed by atoms with Gasteiger partial charge in [0, 0.05) is 26.2 Å². The van der Waals surface area contributed by atoms with Gasteiger partial charge < -0.3 is 14.2 Å². The van der Waals surface area contributed by atoms with Crippen LogP contribution in [-0.2, 0) is 4.79 Å². The van der Waals surface area contributed by atoms with Crippen molar-refractivity contribution >= 4 is 17.4 Å². The Bertz CT molecular complexity index is 1160. The fourth-order valence-corrected chi connectivity index (χ4v) is 4.12. The third-order valence-electron chi connectivity index (χ3n) is 5.81. The lowest BCUT2D eigenvalue weighted by molar-refractivity contribution is -0.133. The summed E-state index contributed by atoms with van der Waals surface area (Å²) < 4.78 is 7.16. The average Bonchev–Trinajstić information content (AvgIpc) is 3.50. The van der Waals surface area contributed by atoms with Crippen LogP contribution >= 0.6 is 0 Å². The predicted octanol–water partition coefficient (Wildman–Crippen LogP) is 3.23. The van der Waals surface area contributed by atoms with Crippen molar-refractivity contribution in [1.29, 1.82) is 0 Å². The monoisotopic (exact) mass is 416 g/mol. The second-order valence-corrected chi connectivity index (χ2v) is 7.65. The molecule has 1 amide bonds. The minimum absolute atomic E-state index is 0.0879. The molecule has 0 N–H and O–H groups in total. The molecular formula is C23H24N6O2. The van der Waals surface area contributed by atoms with Gasteiger partial charge in [0.05, 0.1) is 12.2 Å². The van der Waals surface area contributed by atoms with Crippen molar-refractivity contribution in [2.75, 3.05) is 31.1 Å². The molecule has 8 heteroatoms. The van der Waals surface area contributed by atoms with E-state index in [4.69, 9.17) is 9.52 Å². The predicted molar refractivity (Wildman–Crippen MR) is 117 cm³/mol. The molecule has 1 atom stereocenters. The van der Waals surface area contributed by atoms with Crippen molar-refractivity contribution in [2.24, 2.45) is 0 Å². The Morgan fingerprint density at radius 3 is 2.52 bits per heavy atom. The standard InChI is InChI=1S/C23H24N6O2/c1-2-18(17-7-4-3-5-8-17)23(30)28-14-12-27(13-15-28)21-11-10-20-24-25-22(29(20)26-21)19-9-6-16-31-19/h3-11,16,18H,2,12-15H2,1H3/t18-/m0/s1. The first-order valence-corrected chi connectivity index (χ1v) is 10.6. The summed E-state index contributed by atoms with van der Waals surface area (Å²) in [4.78, 5) is 17.3. The first kappa shape index (κ1) is 19.3. The van der Waals surface area contributed by atoms with Crippen LogP contribution in [0.4, 0.5) is 5.82 Å². The Morgan fingerprint density at radius 2 is 1.81 bits per heavy atom. The highest BCUT2D eigenvalue weighted by Gasteiger charge is 2.28. The van der Waals surface area contributed by atoms with Crippen LogP contribution < -0.4 is 4.90 Å². The van der Waals surface area contributed by atoms with E-state index < -0.39 is 0 Å². The van der Waals surface area contributed by atoms with E-state index in [0.717, 1.165) is 30.9 Å². The van der Waals surface area contributed by atoms with E-state index in [2.05, 4.69) is 22.0 Å². The molecular weight excluding hydrogens is 392 g/mol. The highest BCUT2D eigenvalue weighted by Crippen LogP contribution is 2.24. The number of carbonyl (C=O) groups excluding carboxylic acids is 1. The molecule has 0 bridgehead atoms. The smallest absolute Gasteiger partial charge is 0.230 e. The van der Waals surface area contributed by atoms with Gasteiger partial charge in [0.2, 0.25) is 11.7 Å². The summed E-state index contributed by atoms with van der Waals surface area (Å²) in [5.41, 5.74) is 1.75. The van der Waals surface area contributed by atoms with Gasteiger partial charge in [-0.3, -0.25) is 4.79 Å². The van der Waals surface area contributed by atoms with Crippen molar-refractivity contribution < 1.29 is 9.21 Å². The van der Waals surface area contributed by atoms with Crippen molar-refractivity contribution in [2.45, 2.75) is 19.3 Å². The molecule has 4 aromatic rings. The van der Waals surface area contributed by atoms with Gasteiger partial charge in [-0.15, -0.1) is 15.3 Å². The van der Waals surface area contributed by atoms with Crippen LogP contribution in [0.1, 0.15) is 24.8 Å². The fraction of sp³-hybridized carbons (Fsp3) is 0.304. The molecule has 0 radical (unpaired) electrons. The number of anilines is 1. The van der Waals surface area contributed by atoms with Crippen molar-refractivity contribution in [3.8, 4) is 11.6 Å². The highest BCUT2D eigenvalue weighted by molar-refractivity contribution is 5.84. The Labute approximate surface area is 180 Å². The van der Waals surface area contributed by atoms with Gasteiger partial charge in [-0.1, -0.05) is 37.3 Å². The van der Waals surface area contributed by atoms with E-state index in [1.807, 2.05) is 59.5 Å². The van der Waals surface area contributed by atoms with E-state index >= 15 is 0 Å². The molecule has 1 aliphatic heterocycles. The van der Waals surface area contributed by atoms with Gasteiger partial charge in [0.1, 0.15) is 5.82 Å². The largest absolute Gasteiger partial charge is 0.461 e. The SMILES string of the molecule is CC[C@H](C(=O)N1CCN(c2ccc3nnc(-c4ccco4)n3n2)CC1)c1ccccc1. The number of hydrogen-bond donors (Lipinski definition) is 0. The number of furan rings is 1. The number of carbonyl (C=O) groups is 1. The third kappa shape index (κ3) is 3.65. The molecule has 0 aliphatic carbocycles. The molecule has 8 nitrogen and oxygen atoms in total. The molecule has 1 saturated heterocycles. The van der Waals surface area contributed by atoms with Gasteiger partial charge in [-0.05, 0) is 36.2 Å². The number of amides is 1. The lowest BCUT2D eigenvalue weighted by Crippen LogP contribution is -2.50. The molecule has 4 heterocycles.